The van der Waals surface area contributed by atoms with Gasteiger partial charge < -0.3 is 9.64 Å². The topological polar surface area (TPSA) is 95.6 Å². The number of carbonyl (C=O) groups is 2. The van der Waals surface area contributed by atoms with Gasteiger partial charge in [-0.25, -0.2) is 4.39 Å². The summed E-state index contributed by atoms with van der Waals surface area (Å²) in [7, 11) is 1.60. The summed E-state index contributed by atoms with van der Waals surface area (Å²) < 4.78 is 20.3. The number of thioether (sulfide) groups is 1. The molecule has 3 heterocycles. The average molecular weight is 555 g/mol. The number of thiocarbonyl (C=S) groups is 1. The van der Waals surface area contributed by atoms with Crippen LogP contribution in [0.4, 0.5) is 10.2 Å². The Kier molecular flexibility index (Phi) is 8.33. The molecule has 2 saturated heterocycles. The highest BCUT2D eigenvalue weighted by molar-refractivity contribution is 8.26. The van der Waals surface area contributed by atoms with E-state index in [0.717, 1.165) is 17.3 Å². The standard InChI is InChI=1S/C27H27FN4O4S2/c1-4-36-26(35)18-9-11-31(12-10-18)23-20(16(2)21(14-29)24(33)30(23)3)13-22-25(34)32(27(37)38-22)15-17-5-7-19(28)8-6-17/h5-8,13,18H,4,9-12,15H2,1-3H3. The van der Waals surface area contributed by atoms with Crippen LogP contribution in [0, 0.1) is 30.0 Å². The Hall–Kier alpha value is -3.49. The largest absolute Gasteiger partial charge is 0.466 e. The van der Waals surface area contributed by atoms with Crippen molar-refractivity contribution >= 4 is 52.1 Å². The molecule has 1 aromatic heterocycles. The van der Waals surface area contributed by atoms with Crippen LogP contribution in [0.15, 0.2) is 34.0 Å². The van der Waals surface area contributed by atoms with Crippen molar-refractivity contribution in [1.82, 2.24) is 9.47 Å². The summed E-state index contributed by atoms with van der Waals surface area (Å²) in [5.74, 6) is -0.520. The van der Waals surface area contributed by atoms with Gasteiger partial charge in [0.15, 0.2) is 0 Å². The Bertz CT molecular complexity index is 1420. The van der Waals surface area contributed by atoms with Gasteiger partial charge in [0, 0.05) is 25.7 Å². The van der Waals surface area contributed by atoms with E-state index in [4.69, 9.17) is 17.0 Å². The second-order valence-electron chi connectivity index (χ2n) is 9.12. The van der Waals surface area contributed by atoms with E-state index in [0.29, 0.717) is 58.7 Å². The fraction of sp³-hybridized carbons (Fsp3) is 0.370. The van der Waals surface area contributed by atoms with Gasteiger partial charge in [-0.3, -0.25) is 23.9 Å². The molecule has 0 saturated carbocycles. The van der Waals surface area contributed by atoms with Crippen LogP contribution in [0.2, 0.25) is 0 Å². The molecule has 0 atom stereocenters. The van der Waals surface area contributed by atoms with E-state index in [9.17, 15) is 24.0 Å². The van der Waals surface area contributed by atoms with Crippen molar-refractivity contribution in [2.45, 2.75) is 33.2 Å². The third-order valence-corrected chi connectivity index (χ3v) is 8.16. The number of pyridine rings is 1. The number of aromatic nitrogens is 1. The van der Waals surface area contributed by atoms with Gasteiger partial charge in [-0.1, -0.05) is 36.1 Å². The SMILES string of the molecule is CCOC(=O)C1CCN(c2c(C=C3SC(=S)N(Cc4ccc(F)cc4)C3=O)c(C)c(C#N)c(=O)n2C)CC1. The smallest absolute Gasteiger partial charge is 0.309 e. The molecule has 38 heavy (non-hydrogen) atoms. The van der Waals surface area contributed by atoms with E-state index in [2.05, 4.69) is 0 Å². The lowest BCUT2D eigenvalue weighted by Gasteiger charge is -2.35. The first kappa shape index (κ1) is 27.5. The Morgan fingerprint density at radius 3 is 2.53 bits per heavy atom. The molecule has 1 amide bonds. The Labute approximate surface area is 229 Å². The maximum atomic E-state index is 13.4. The molecule has 2 aliphatic heterocycles. The molecule has 0 bridgehead atoms. The molecule has 1 aromatic carbocycles. The van der Waals surface area contributed by atoms with Gasteiger partial charge in [-0.2, -0.15) is 5.26 Å². The van der Waals surface area contributed by atoms with E-state index in [-0.39, 0.29) is 35.7 Å². The number of rotatable bonds is 6. The zero-order valence-corrected chi connectivity index (χ0v) is 23.0. The monoisotopic (exact) mass is 554 g/mol. The van der Waals surface area contributed by atoms with Gasteiger partial charge >= 0.3 is 5.97 Å². The molecule has 0 spiro atoms. The predicted octanol–water partition coefficient (Wildman–Crippen LogP) is 3.89. The molecule has 198 valence electrons. The Morgan fingerprint density at radius 2 is 1.92 bits per heavy atom. The fourth-order valence-electron chi connectivity index (χ4n) is 4.72. The van der Waals surface area contributed by atoms with Crippen LogP contribution in [0.25, 0.3) is 6.08 Å². The molecule has 2 aliphatic rings. The number of esters is 1. The fourth-order valence-corrected chi connectivity index (χ4v) is 5.96. The first-order valence-electron chi connectivity index (χ1n) is 12.2. The first-order valence-corrected chi connectivity index (χ1v) is 13.4. The third kappa shape index (κ3) is 5.37. The van der Waals surface area contributed by atoms with E-state index >= 15 is 0 Å². The highest BCUT2D eigenvalue weighted by atomic mass is 32.2. The number of hydrogen-bond donors (Lipinski definition) is 0. The van der Waals surface area contributed by atoms with Crippen molar-refractivity contribution in [2.24, 2.45) is 13.0 Å². The maximum absolute atomic E-state index is 13.4. The number of nitriles is 1. The quantitative estimate of drug-likeness (QED) is 0.302. The average Bonchev–Trinajstić information content (AvgIpc) is 3.16. The van der Waals surface area contributed by atoms with Crippen LogP contribution >= 0.6 is 24.0 Å². The number of anilines is 1. The minimum absolute atomic E-state index is 0.00528. The maximum Gasteiger partial charge on any atom is 0.309 e. The van der Waals surface area contributed by atoms with Crippen LogP contribution in [-0.4, -0.2) is 45.4 Å². The Balaban J connectivity index is 1.69. The number of carbonyl (C=O) groups excluding carboxylic acids is 2. The van der Waals surface area contributed by atoms with E-state index in [1.54, 1.807) is 39.1 Å². The molecule has 2 aromatic rings. The van der Waals surface area contributed by atoms with E-state index in [1.807, 2.05) is 11.0 Å². The number of hydrogen-bond acceptors (Lipinski definition) is 8. The molecule has 0 radical (unpaired) electrons. The minimum atomic E-state index is -0.423. The molecule has 0 unspecified atom stereocenters. The second-order valence-corrected chi connectivity index (χ2v) is 10.8. The first-order chi connectivity index (χ1) is 18.2. The predicted molar refractivity (Wildman–Crippen MR) is 148 cm³/mol. The lowest BCUT2D eigenvalue weighted by molar-refractivity contribution is -0.148. The summed E-state index contributed by atoms with van der Waals surface area (Å²) in [5, 5.41) is 9.70. The highest BCUT2D eigenvalue weighted by Crippen LogP contribution is 2.37. The lowest BCUT2D eigenvalue weighted by atomic mass is 9.95. The molecule has 0 aliphatic carbocycles. The molecule has 0 N–H and O–H groups in total. The van der Waals surface area contributed by atoms with Gasteiger partial charge in [0.1, 0.15) is 27.6 Å². The van der Waals surface area contributed by atoms with Crippen molar-refractivity contribution in [3.63, 3.8) is 0 Å². The van der Waals surface area contributed by atoms with Gasteiger partial charge in [0.2, 0.25) is 0 Å². The zero-order valence-electron chi connectivity index (χ0n) is 21.3. The van der Waals surface area contributed by atoms with Crippen molar-refractivity contribution in [3.8, 4) is 6.07 Å². The van der Waals surface area contributed by atoms with Crippen molar-refractivity contribution < 1.29 is 18.7 Å². The number of halogens is 1. The number of benzene rings is 1. The molecule has 8 nitrogen and oxygen atoms in total. The highest BCUT2D eigenvalue weighted by Gasteiger charge is 2.34. The minimum Gasteiger partial charge on any atom is -0.466 e. The van der Waals surface area contributed by atoms with Crippen LogP contribution in [0.1, 0.15) is 42.0 Å². The number of ether oxygens (including phenoxy) is 1. The van der Waals surface area contributed by atoms with Gasteiger partial charge in [0.25, 0.3) is 11.5 Å². The number of amides is 1. The summed E-state index contributed by atoms with van der Waals surface area (Å²) in [5.41, 5.74) is 1.38. The molecule has 11 heteroatoms. The molecular formula is C27H27FN4O4S2. The summed E-state index contributed by atoms with van der Waals surface area (Å²) in [4.78, 5) is 42.4. The summed E-state index contributed by atoms with van der Waals surface area (Å²) in [6.45, 7) is 5.01. The van der Waals surface area contributed by atoms with Gasteiger partial charge in [-0.15, -0.1) is 0 Å². The zero-order chi connectivity index (χ0) is 27.6. The number of nitrogens with zero attached hydrogens (tertiary/aromatic N) is 4. The molecule has 4 rings (SSSR count). The van der Waals surface area contributed by atoms with Crippen molar-refractivity contribution in [2.75, 3.05) is 24.6 Å². The van der Waals surface area contributed by atoms with Crippen molar-refractivity contribution in [1.29, 1.82) is 5.26 Å². The summed E-state index contributed by atoms with van der Waals surface area (Å²) in [6.07, 6.45) is 2.81. The number of piperidine rings is 1. The summed E-state index contributed by atoms with van der Waals surface area (Å²) >= 11 is 6.61. The van der Waals surface area contributed by atoms with Crippen molar-refractivity contribution in [3.05, 3.63) is 67.6 Å². The van der Waals surface area contributed by atoms with E-state index in [1.165, 1.54) is 21.6 Å². The second kappa shape index (κ2) is 11.5. The lowest BCUT2D eigenvalue weighted by Crippen LogP contribution is -2.40. The van der Waals surface area contributed by atoms with Crippen LogP contribution < -0.4 is 10.5 Å². The van der Waals surface area contributed by atoms with Crippen LogP contribution in [0.5, 0.6) is 0 Å². The normalized spacial score (nSPS) is 17.3. The Morgan fingerprint density at radius 1 is 1.26 bits per heavy atom. The third-order valence-electron chi connectivity index (χ3n) is 6.79. The van der Waals surface area contributed by atoms with Crippen LogP contribution in [0.3, 0.4) is 0 Å². The summed E-state index contributed by atoms with van der Waals surface area (Å²) in [6, 6.07) is 7.87. The van der Waals surface area contributed by atoms with E-state index < -0.39 is 5.56 Å². The van der Waals surface area contributed by atoms with Crippen LogP contribution in [-0.2, 0) is 27.9 Å². The molecular weight excluding hydrogens is 527 g/mol. The van der Waals surface area contributed by atoms with Gasteiger partial charge in [-0.05, 0) is 56.0 Å². The van der Waals surface area contributed by atoms with Gasteiger partial charge in [0.05, 0.1) is 24.0 Å². The molecule has 2 fully saturated rings.